The van der Waals surface area contributed by atoms with E-state index < -0.39 is 15.3 Å². The van der Waals surface area contributed by atoms with Gasteiger partial charge in [-0.25, -0.2) is 8.42 Å². The summed E-state index contributed by atoms with van der Waals surface area (Å²) in [6, 6.07) is 2.21. The Bertz CT molecular complexity index is 340. The summed E-state index contributed by atoms with van der Waals surface area (Å²) in [7, 11) is -2.82. The van der Waals surface area contributed by atoms with Gasteiger partial charge in [-0.15, -0.1) is 0 Å². The second kappa shape index (κ2) is 3.87. The van der Waals surface area contributed by atoms with Gasteiger partial charge in [-0.2, -0.15) is 5.26 Å². The molecule has 0 spiro atoms. The van der Waals surface area contributed by atoms with E-state index >= 15 is 0 Å². The molecule has 14 heavy (non-hydrogen) atoms. The minimum atomic E-state index is -2.82. The van der Waals surface area contributed by atoms with Gasteiger partial charge in [-0.1, -0.05) is 0 Å². The first-order valence-corrected chi connectivity index (χ1v) is 6.52. The van der Waals surface area contributed by atoms with Gasteiger partial charge in [0.1, 0.15) is 0 Å². The van der Waals surface area contributed by atoms with Crippen LogP contribution in [0.2, 0.25) is 0 Å². The molecule has 1 unspecified atom stereocenters. The maximum absolute atomic E-state index is 11.1. The Kier molecular flexibility index (Phi) is 3.17. The van der Waals surface area contributed by atoms with Gasteiger partial charge >= 0.3 is 0 Å². The van der Waals surface area contributed by atoms with Crippen molar-refractivity contribution in [2.45, 2.75) is 26.3 Å². The Balaban J connectivity index is 2.39. The first kappa shape index (κ1) is 11.5. The predicted octanol–water partition coefficient (Wildman–Crippen LogP) is 0.313. The Labute approximate surface area is 85.2 Å². The summed E-state index contributed by atoms with van der Waals surface area (Å²) in [4.78, 5) is 0. The lowest BCUT2D eigenvalue weighted by Crippen LogP contribution is -2.37. The second-order valence-electron chi connectivity index (χ2n) is 4.48. The molecule has 1 N–H and O–H groups in total. The van der Waals surface area contributed by atoms with Crippen LogP contribution in [-0.4, -0.2) is 32.5 Å². The van der Waals surface area contributed by atoms with E-state index in [9.17, 15) is 8.42 Å². The Morgan fingerprint density at radius 3 is 2.64 bits per heavy atom. The Hall–Kier alpha value is -0.600. The van der Waals surface area contributed by atoms with E-state index in [1.54, 1.807) is 0 Å². The smallest absolute Gasteiger partial charge is 0.151 e. The van der Waals surface area contributed by atoms with Gasteiger partial charge in [0.15, 0.2) is 9.84 Å². The van der Waals surface area contributed by atoms with Crippen molar-refractivity contribution in [1.82, 2.24) is 5.32 Å². The molecule has 0 bridgehead atoms. The molecule has 0 aromatic rings. The predicted molar refractivity (Wildman–Crippen MR) is 54.5 cm³/mol. The van der Waals surface area contributed by atoms with Crippen molar-refractivity contribution in [3.05, 3.63) is 0 Å². The van der Waals surface area contributed by atoms with Crippen LogP contribution in [0.25, 0.3) is 0 Å². The highest BCUT2D eigenvalue weighted by Crippen LogP contribution is 2.15. The minimum Gasteiger partial charge on any atom is -0.311 e. The van der Waals surface area contributed by atoms with Gasteiger partial charge in [-0.05, 0) is 20.3 Å². The molecule has 1 aliphatic heterocycles. The van der Waals surface area contributed by atoms with Gasteiger partial charge in [0.05, 0.1) is 23.0 Å². The molecule has 1 fully saturated rings. The van der Waals surface area contributed by atoms with E-state index in [1.165, 1.54) is 0 Å². The maximum Gasteiger partial charge on any atom is 0.151 e. The fraction of sp³-hybridized carbons (Fsp3) is 0.889. The Morgan fingerprint density at radius 1 is 1.57 bits per heavy atom. The molecule has 0 amide bonds. The van der Waals surface area contributed by atoms with Crippen LogP contribution >= 0.6 is 0 Å². The van der Waals surface area contributed by atoms with E-state index in [0.29, 0.717) is 13.0 Å². The third kappa shape index (κ3) is 3.28. The number of nitrogens with one attached hydrogen (secondary N) is 1. The lowest BCUT2D eigenvalue weighted by Gasteiger charge is -2.18. The average molecular weight is 216 g/mol. The molecular weight excluding hydrogens is 200 g/mol. The summed E-state index contributed by atoms with van der Waals surface area (Å²) >= 11 is 0. The largest absolute Gasteiger partial charge is 0.311 e. The van der Waals surface area contributed by atoms with Crippen LogP contribution in [0.3, 0.4) is 0 Å². The van der Waals surface area contributed by atoms with Crippen molar-refractivity contribution in [3.8, 4) is 6.07 Å². The molecule has 5 heteroatoms. The molecule has 1 heterocycles. The molecule has 1 rings (SSSR count). The van der Waals surface area contributed by atoms with Crippen molar-refractivity contribution in [1.29, 1.82) is 5.26 Å². The topological polar surface area (TPSA) is 70.0 Å². The summed E-state index contributed by atoms with van der Waals surface area (Å²) in [5, 5.41) is 11.9. The monoisotopic (exact) mass is 216 g/mol. The van der Waals surface area contributed by atoms with Crippen molar-refractivity contribution >= 4 is 9.84 Å². The van der Waals surface area contributed by atoms with E-state index in [-0.39, 0.29) is 17.5 Å². The third-order valence-electron chi connectivity index (χ3n) is 2.37. The van der Waals surface area contributed by atoms with Crippen molar-refractivity contribution in [2.75, 3.05) is 18.1 Å². The fourth-order valence-electron chi connectivity index (χ4n) is 1.40. The lowest BCUT2D eigenvalue weighted by atomic mass is 9.95. The molecule has 0 aliphatic carbocycles. The standard InChI is InChI=1S/C9H16N2O2S/c1-9(2,6-10)7-11-8-3-4-14(12,13)5-8/h8,11H,3-5,7H2,1-2H3. The normalized spacial score (nSPS) is 25.9. The van der Waals surface area contributed by atoms with Gasteiger partial charge in [0.2, 0.25) is 0 Å². The summed E-state index contributed by atoms with van der Waals surface area (Å²) in [6.45, 7) is 4.22. The third-order valence-corrected chi connectivity index (χ3v) is 4.14. The van der Waals surface area contributed by atoms with Crippen LogP contribution in [0.5, 0.6) is 0 Å². The first-order chi connectivity index (χ1) is 6.35. The maximum atomic E-state index is 11.1. The Morgan fingerprint density at radius 2 is 2.21 bits per heavy atom. The molecular formula is C9H16N2O2S. The molecule has 0 aromatic heterocycles. The SMILES string of the molecule is CC(C)(C#N)CNC1CCS(=O)(=O)C1. The number of nitriles is 1. The summed E-state index contributed by atoms with van der Waals surface area (Å²) < 4.78 is 22.3. The van der Waals surface area contributed by atoms with Gasteiger partial charge in [0, 0.05) is 12.6 Å². The van der Waals surface area contributed by atoms with E-state index in [0.717, 1.165) is 0 Å². The summed E-state index contributed by atoms with van der Waals surface area (Å²) in [5.41, 5.74) is -0.424. The van der Waals surface area contributed by atoms with E-state index in [2.05, 4.69) is 11.4 Å². The molecule has 0 saturated carbocycles. The number of rotatable bonds is 3. The molecule has 1 saturated heterocycles. The minimum absolute atomic E-state index is 0.0348. The summed E-state index contributed by atoms with van der Waals surface area (Å²) in [6.07, 6.45) is 0.670. The summed E-state index contributed by atoms with van der Waals surface area (Å²) in [5.74, 6) is 0.492. The van der Waals surface area contributed by atoms with Gasteiger partial charge < -0.3 is 5.32 Å². The first-order valence-electron chi connectivity index (χ1n) is 4.70. The number of sulfone groups is 1. The van der Waals surface area contributed by atoms with Crippen LogP contribution in [-0.2, 0) is 9.84 Å². The molecule has 0 aromatic carbocycles. The molecule has 1 aliphatic rings. The van der Waals surface area contributed by atoms with Crippen molar-refractivity contribution in [3.63, 3.8) is 0 Å². The molecule has 4 nitrogen and oxygen atoms in total. The zero-order chi connectivity index (χ0) is 10.8. The highest BCUT2D eigenvalue weighted by Gasteiger charge is 2.29. The highest BCUT2D eigenvalue weighted by molar-refractivity contribution is 7.91. The molecule has 1 atom stereocenters. The number of nitrogens with zero attached hydrogens (tertiary/aromatic N) is 1. The molecule has 80 valence electrons. The lowest BCUT2D eigenvalue weighted by molar-refractivity contribution is 0.412. The van der Waals surface area contributed by atoms with Crippen LogP contribution < -0.4 is 5.32 Å². The fourth-order valence-corrected chi connectivity index (χ4v) is 3.10. The van der Waals surface area contributed by atoms with Crippen LogP contribution in [0.15, 0.2) is 0 Å². The van der Waals surface area contributed by atoms with Gasteiger partial charge in [-0.3, -0.25) is 0 Å². The van der Waals surface area contributed by atoms with Crippen LogP contribution in [0, 0.1) is 16.7 Å². The van der Waals surface area contributed by atoms with Crippen molar-refractivity contribution < 1.29 is 8.42 Å². The van der Waals surface area contributed by atoms with E-state index in [4.69, 9.17) is 5.26 Å². The average Bonchev–Trinajstić information content (AvgIpc) is 2.43. The number of hydrogen-bond acceptors (Lipinski definition) is 4. The highest BCUT2D eigenvalue weighted by atomic mass is 32.2. The van der Waals surface area contributed by atoms with Crippen molar-refractivity contribution in [2.24, 2.45) is 5.41 Å². The number of hydrogen-bond donors (Lipinski definition) is 1. The van der Waals surface area contributed by atoms with Gasteiger partial charge in [0.25, 0.3) is 0 Å². The van der Waals surface area contributed by atoms with E-state index in [1.807, 2.05) is 13.8 Å². The van der Waals surface area contributed by atoms with Crippen LogP contribution in [0.1, 0.15) is 20.3 Å². The zero-order valence-corrected chi connectivity index (χ0v) is 9.39. The molecule has 0 radical (unpaired) electrons. The quantitative estimate of drug-likeness (QED) is 0.737. The second-order valence-corrected chi connectivity index (χ2v) is 6.71. The van der Waals surface area contributed by atoms with Crippen LogP contribution in [0.4, 0.5) is 0 Å². The zero-order valence-electron chi connectivity index (χ0n) is 8.58.